The molecule has 1 N–H and O–H groups in total. The fraction of sp³-hybridized carbons (Fsp3) is 0.565. The molecule has 10 heteroatoms. The molecule has 3 aromatic rings. The SMILES string of the molecule is CCn1nccc1C(=O)NC(c1cn2nc(C)c(N3CCC3)cc2n1)C1CCC(F)(F)CC1. The van der Waals surface area contributed by atoms with Crippen LogP contribution in [0.2, 0.25) is 0 Å². The summed E-state index contributed by atoms with van der Waals surface area (Å²) in [6, 6.07) is 3.20. The summed E-state index contributed by atoms with van der Waals surface area (Å²) in [5.41, 5.74) is 3.76. The average molecular weight is 458 g/mol. The van der Waals surface area contributed by atoms with E-state index < -0.39 is 12.0 Å². The van der Waals surface area contributed by atoms with Crippen molar-refractivity contribution in [3.05, 3.63) is 41.6 Å². The molecule has 1 aliphatic carbocycles. The van der Waals surface area contributed by atoms with E-state index in [1.807, 2.05) is 26.1 Å². The Morgan fingerprint density at radius 2 is 2.06 bits per heavy atom. The lowest BCUT2D eigenvalue weighted by atomic mass is 9.81. The number of nitrogens with zero attached hydrogens (tertiary/aromatic N) is 6. The van der Waals surface area contributed by atoms with E-state index in [1.54, 1.807) is 21.5 Å². The summed E-state index contributed by atoms with van der Waals surface area (Å²) in [5.74, 6) is -3.05. The zero-order valence-corrected chi connectivity index (χ0v) is 19.0. The predicted octanol–water partition coefficient (Wildman–Crippen LogP) is 3.76. The van der Waals surface area contributed by atoms with Gasteiger partial charge in [0.15, 0.2) is 5.65 Å². The smallest absolute Gasteiger partial charge is 0.270 e. The number of nitrogens with one attached hydrogen (secondary N) is 1. The van der Waals surface area contributed by atoms with Gasteiger partial charge in [0.25, 0.3) is 5.91 Å². The van der Waals surface area contributed by atoms with E-state index in [0.717, 1.165) is 24.5 Å². The van der Waals surface area contributed by atoms with Gasteiger partial charge in [-0.05, 0) is 45.1 Å². The number of aryl methyl sites for hydroxylation is 2. The number of anilines is 1. The Kier molecular flexibility index (Phi) is 5.54. The van der Waals surface area contributed by atoms with E-state index in [9.17, 15) is 13.6 Å². The lowest BCUT2D eigenvalue weighted by molar-refractivity contribution is -0.0495. The number of halogens is 2. The Bertz CT molecular complexity index is 1160. The summed E-state index contributed by atoms with van der Waals surface area (Å²) in [6.45, 7) is 6.46. The summed E-state index contributed by atoms with van der Waals surface area (Å²) in [7, 11) is 0. The van der Waals surface area contributed by atoms with Crippen LogP contribution in [0.1, 0.15) is 66.9 Å². The molecule has 4 heterocycles. The van der Waals surface area contributed by atoms with Gasteiger partial charge in [-0.3, -0.25) is 9.48 Å². The van der Waals surface area contributed by atoms with E-state index in [2.05, 4.69) is 20.4 Å². The maximum absolute atomic E-state index is 13.9. The fourth-order valence-corrected chi connectivity index (χ4v) is 4.87. The molecule has 5 rings (SSSR count). The molecule has 3 aromatic heterocycles. The molecule has 0 radical (unpaired) electrons. The van der Waals surface area contributed by atoms with Crippen LogP contribution >= 0.6 is 0 Å². The number of carbonyl (C=O) groups excluding carboxylic acids is 1. The molecule has 1 amide bonds. The fourth-order valence-electron chi connectivity index (χ4n) is 4.87. The van der Waals surface area contributed by atoms with Crippen LogP contribution in [0.25, 0.3) is 5.65 Å². The van der Waals surface area contributed by atoms with Gasteiger partial charge in [0.1, 0.15) is 5.69 Å². The molecule has 1 atom stereocenters. The molecule has 2 fully saturated rings. The number of aromatic nitrogens is 5. The number of rotatable bonds is 6. The normalized spacial score (nSPS) is 19.5. The lowest BCUT2D eigenvalue weighted by Gasteiger charge is -2.33. The summed E-state index contributed by atoms with van der Waals surface area (Å²) < 4.78 is 31.1. The van der Waals surface area contributed by atoms with Crippen molar-refractivity contribution in [2.75, 3.05) is 18.0 Å². The van der Waals surface area contributed by atoms with Gasteiger partial charge in [0, 0.05) is 44.7 Å². The third-order valence-electron chi connectivity index (χ3n) is 6.91. The van der Waals surface area contributed by atoms with E-state index in [1.165, 1.54) is 6.42 Å². The number of alkyl halides is 2. The van der Waals surface area contributed by atoms with Gasteiger partial charge < -0.3 is 10.2 Å². The monoisotopic (exact) mass is 457 g/mol. The number of fused-ring (bicyclic) bond motifs is 1. The molecule has 176 valence electrons. The highest BCUT2D eigenvalue weighted by Crippen LogP contribution is 2.41. The Hall–Kier alpha value is -3.04. The van der Waals surface area contributed by atoms with Crippen molar-refractivity contribution >= 4 is 17.2 Å². The average Bonchev–Trinajstić information content (AvgIpc) is 3.38. The van der Waals surface area contributed by atoms with Crippen molar-refractivity contribution in [2.24, 2.45) is 5.92 Å². The molecule has 0 bridgehead atoms. The van der Waals surface area contributed by atoms with Gasteiger partial charge in [0.2, 0.25) is 5.92 Å². The van der Waals surface area contributed by atoms with Gasteiger partial charge >= 0.3 is 0 Å². The number of imidazole rings is 1. The molecule has 1 aliphatic heterocycles. The van der Waals surface area contributed by atoms with Crippen LogP contribution in [-0.4, -0.2) is 49.3 Å². The van der Waals surface area contributed by atoms with Crippen LogP contribution in [0.4, 0.5) is 14.5 Å². The van der Waals surface area contributed by atoms with Crippen molar-refractivity contribution < 1.29 is 13.6 Å². The number of hydrogen-bond donors (Lipinski definition) is 1. The van der Waals surface area contributed by atoms with Crippen molar-refractivity contribution in [2.45, 2.75) is 64.5 Å². The molecule has 1 unspecified atom stereocenters. The van der Waals surface area contributed by atoms with Crippen LogP contribution in [-0.2, 0) is 6.54 Å². The second-order valence-electron chi connectivity index (χ2n) is 9.10. The largest absolute Gasteiger partial charge is 0.370 e. The van der Waals surface area contributed by atoms with Crippen LogP contribution in [0.3, 0.4) is 0 Å². The van der Waals surface area contributed by atoms with E-state index >= 15 is 0 Å². The van der Waals surface area contributed by atoms with Gasteiger partial charge in [-0.25, -0.2) is 18.3 Å². The highest BCUT2D eigenvalue weighted by atomic mass is 19.3. The number of hydrogen-bond acceptors (Lipinski definition) is 5. The molecule has 1 saturated carbocycles. The first-order valence-corrected chi connectivity index (χ1v) is 11.7. The van der Waals surface area contributed by atoms with Gasteiger partial charge in [-0.2, -0.15) is 10.2 Å². The third kappa shape index (κ3) is 4.18. The Balaban J connectivity index is 1.48. The maximum atomic E-state index is 13.9. The summed E-state index contributed by atoms with van der Waals surface area (Å²) in [5, 5.41) is 11.9. The van der Waals surface area contributed by atoms with Crippen LogP contribution in [0.15, 0.2) is 24.5 Å². The second kappa shape index (κ2) is 8.39. The minimum absolute atomic E-state index is 0.132. The second-order valence-corrected chi connectivity index (χ2v) is 9.10. The number of amides is 1. The first-order chi connectivity index (χ1) is 15.8. The van der Waals surface area contributed by atoms with E-state index in [4.69, 9.17) is 4.98 Å². The highest BCUT2D eigenvalue weighted by molar-refractivity contribution is 5.92. The zero-order valence-electron chi connectivity index (χ0n) is 19.0. The van der Waals surface area contributed by atoms with Crippen molar-refractivity contribution in [1.82, 2.24) is 29.7 Å². The third-order valence-corrected chi connectivity index (χ3v) is 6.91. The molecule has 1 saturated heterocycles. The lowest BCUT2D eigenvalue weighted by Crippen LogP contribution is -2.38. The van der Waals surface area contributed by atoms with Gasteiger partial charge in [0.05, 0.1) is 29.3 Å². The molecule has 8 nitrogen and oxygen atoms in total. The van der Waals surface area contributed by atoms with Gasteiger partial charge in [-0.1, -0.05) is 0 Å². The Morgan fingerprint density at radius 3 is 2.73 bits per heavy atom. The quantitative estimate of drug-likeness (QED) is 0.610. The molecule has 0 aromatic carbocycles. The van der Waals surface area contributed by atoms with Crippen molar-refractivity contribution in [3.63, 3.8) is 0 Å². The standard InChI is InChI=1S/C23H29F2N7O/c1-3-31-18(7-10-26-31)22(33)28-21(16-5-8-23(24,25)9-6-16)17-14-32-20(27-17)13-19(15(2)29-32)30-11-4-12-30/h7,10,13-14,16,21H,3-6,8-9,11-12H2,1-2H3,(H,28,33). The van der Waals surface area contributed by atoms with E-state index in [0.29, 0.717) is 36.4 Å². The summed E-state index contributed by atoms with van der Waals surface area (Å²) in [4.78, 5) is 20.2. The maximum Gasteiger partial charge on any atom is 0.270 e. The summed E-state index contributed by atoms with van der Waals surface area (Å²) in [6.07, 6.45) is 4.86. The Morgan fingerprint density at radius 1 is 1.30 bits per heavy atom. The molecular weight excluding hydrogens is 428 g/mol. The number of carbonyl (C=O) groups is 1. The highest BCUT2D eigenvalue weighted by Gasteiger charge is 2.39. The minimum atomic E-state index is -2.64. The van der Waals surface area contributed by atoms with Crippen molar-refractivity contribution in [3.8, 4) is 0 Å². The summed E-state index contributed by atoms with van der Waals surface area (Å²) >= 11 is 0. The van der Waals surface area contributed by atoms with Crippen LogP contribution in [0.5, 0.6) is 0 Å². The first kappa shape index (κ1) is 21.8. The molecule has 2 aliphatic rings. The molecular formula is C23H29F2N7O. The van der Waals surface area contributed by atoms with Crippen LogP contribution < -0.4 is 10.2 Å². The zero-order chi connectivity index (χ0) is 23.2. The van der Waals surface area contributed by atoms with Gasteiger partial charge in [-0.15, -0.1) is 0 Å². The topological polar surface area (TPSA) is 80.3 Å². The van der Waals surface area contributed by atoms with Crippen molar-refractivity contribution in [1.29, 1.82) is 0 Å². The van der Waals surface area contributed by atoms with E-state index in [-0.39, 0.29) is 24.7 Å². The molecule has 0 spiro atoms. The minimum Gasteiger partial charge on any atom is -0.370 e. The Labute approximate surface area is 191 Å². The first-order valence-electron chi connectivity index (χ1n) is 11.7. The predicted molar refractivity (Wildman–Crippen MR) is 120 cm³/mol. The van der Waals surface area contributed by atoms with Crippen LogP contribution in [0, 0.1) is 12.8 Å². The molecule has 33 heavy (non-hydrogen) atoms.